The van der Waals surface area contributed by atoms with Gasteiger partial charge in [-0.15, -0.1) is 24.0 Å². The Morgan fingerprint density at radius 3 is 1.32 bits per heavy atom. The van der Waals surface area contributed by atoms with Crippen LogP contribution in [0.1, 0.15) is 121 Å². The van der Waals surface area contributed by atoms with Crippen molar-refractivity contribution in [3.05, 3.63) is 42.9 Å². The zero-order valence-electron chi connectivity index (χ0n) is 43.7. The van der Waals surface area contributed by atoms with E-state index in [0.29, 0.717) is 68.9 Å². The molecule has 6 rings (SSSR count). The van der Waals surface area contributed by atoms with Gasteiger partial charge >= 0.3 is 24.1 Å². The number of hydrogen-bond acceptors (Lipinski definition) is 16. The Morgan fingerprint density at radius 2 is 0.972 bits per heavy atom. The molecular weight excluding hydrogens is 1060 g/mol. The second-order valence-corrected chi connectivity index (χ2v) is 20.4. The van der Waals surface area contributed by atoms with E-state index in [1.165, 1.54) is 23.4 Å². The highest BCUT2D eigenvalue weighted by Gasteiger charge is 2.38. The maximum Gasteiger partial charge on any atom is 0.410 e. The molecule has 20 nitrogen and oxygen atoms in total. The van der Waals surface area contributed by atoms with Crippen LogP contribution in [0.3, 0.4) is 0 Å². The van der Waals surface area contributed by atoms with Gasteiger partial charge in [0.15, 0.2) is 5.15 Å². The normalized spacial score (nSPS) is 19.6. The van der Waals surface area contributed by atoms with Crippen molar-refractivity contribution in [1.82, 2.24) is 38.7 Å². The molecule has 0 radical (unpaired) electrons. The number of halogens is 4. The summed E-state index contributed by atoms with van der Waals surface area (Å²) in [4.78, 5) is 95.3. The minimum atomic E-state index is -0.803. The number of hydrogen-bond donors (Lipinski definition) is 0. The Morgan fingerprint density at radius 1 is 0.620 bits per heavy atom. The number of esters is 2. The molecule has 4 aliphatic heterocycles. The number of nitrogens with zero attached hydrogens (tertiary/aromatic N) is 10. The van der Waals surface area contributed by atoms with Gasteiger partial charge in [-0.25, -0.2) is 29.1 Å². The maximum atomic E-state index is 12.7. The van der Waals surface area contributed by atoms with Gasteiger partial charge in [-0.2, -0.15) is 0 Å². The van der Waals surface area contributed by atoms with Gasteiger partial charge in [0.05, 0.1) is 19.9 Å². The molecule has 0 spiro atoms. The van der Waals surface area contributed by atoms with E-state index in [1.54, 1.807) is 19.0 Å². The monoisotopic (exact) mass is 1140 g/mol. The van der Waals surface area contributed by atoms with Crippen LogP contribution in [0.4, 0.5) is 30.4 Å². The summed E-state index contributed by atoms with van der Waals surface area (Å²) in [5.74, 6) is -0.264. The second-order valence-electron chi connectivity index (χ2n) is 20.0. The molecule has 2 aromatic heterocycles. The molecule has 4 fully saturated rings. The molecule has 4 saturated heterocycles. The summed E-state index contributed by atoms with van der Waals surface area (Å²) in [7, 11) is 5.72. The van der Waals surface area contributed by atoms with Crippen LogP contribution in [0, 0.1) is 6.92 Å². The van der Waals surface area contributed by atoms with Crippen molar-refractivity contribution < 1.29 is 47.3 Å². The van der Waals surface area contributed by atoms with Gasteiger partial charge in [0.2, 0.25) is 11.4 Å². The van der Waals surface area contributed by atoms with E-state index in [1.807, 2.05) is 53.4 Å². The van der Waals surface area contributed by atoms with Crippen LogP contribution >= 0.6 is 35.6 Å². The molecule has 2 aromatic rings. The highest BCUT2D eigenvalue weighted by atomic mass is 127. The van der Waals surface area contributed by atoms with Gasteiger partial charge in [-0.3, -0.25) is 28.5 Å². The smallest absolute Gasteiger partial charge is 0.410 e. The number of aromatic nitrogens is 4. The molecule has 2 atom stereocenters. The largest absolute Gasteiger partial charge is 0.464 e. The number of aryl methyl sites for hydroxylation is 1. The quantitative estimate of drug-likeness (QED) is 0.166. The molecule has 0 bridgehead atoms. The van der Waals surface area contributed by atoms with E-state index < -0.39 is 34.3 Å². The second kappa shape index (κ2) is 26.5. The lowest BCUT2D eigenvalue weighted by Crippen LogP contribution is -2.59. The van der Waals surface area contributed by atoms with Crippen LogP contribution in [0.5, 0.6) is 0 Å². The first kappa shape index (κ1) is 60.9. The average Bonchev–Trinajstić information content (AvgIpc) is 3.33. The van der Waals surface area contributed by atoms with E-state index in [2.05, 4.69) is 48.2 Å². The van der Waals surface area contributed by atoms with Gasteiger partial charge in [0.1, 0.15) is 22.8 Å². The lowest BCUT2D eigenvalue weighted by atomic mass is 9.98. The van der Waals surface area contributed by atoms with E-state index in [0.717, 1.165) is 70.5 Å². The van der Waals surface area contributed by atoms with E-state index in [9.17, 15) is 28.8 Å². The van der Waals surface area contributed by atoms with Crippen LogP contribution in [-0.4, -0.2) is 178 Å². The van der Waals surface area contributed by atoms with Crippen LogP contribution in [0.15, 0.2) is 9.59 Å². The van der Waals surface area contributed by atoms with Gasteiger partial charge in [0, 0.05) is 113 Å². The molecule has 0 aliphatic carbocycles. The van der Waals surface area contributed by atoms with Crippen molar-refractivity contribution in [2.45, 2.75) is 136 Å². The zero-order chi connectivity index (χ0) is 52.4. The zero-order valence-corrected chi connectivity index (χ0v) is 46.8. The maximum absolute atomic E-state index is 12.7. The first-order valence-corrected chi connectivity index (χ1v) is 24.4. The Kier molecular flexibility index (Phi) is 22.8. The molecule has 24 heteroatoms. The first-order valence-electron chi connectivity index (χ1n) is 24.1. The van der Waals surface area contributed by atoms with Gasteiger partial charge < -0.3 is 38.5 Å². The predicted molar refractivity (Wildman–Crippen MR) is 277 cm³/mol. The number of likely N-dealkylation sites (tertiary alicyclic amines) is 2. The average molecular weight is 1140 g/mol. The number of rotatable bonds is 8. The van der Waals surface area contributed by atoms with Crippen molar-refractivity contribution in [2.75, 3.05) is 89.5 Å². The highest BCUT2D eigenvalue weighted by Crippen LogP contribution is 2.31. The van der Waals surface area contributed by atoms with Crippen molar-refractivity contribution in [2.24, 2.45) is 14.1 Å². The van der Waals surface area contributed by atoms with E-state index in [4.69, 9.17) is 35.0 Å². The summed E-state index contributed by atoms with van der Waals surface area (Å²) in [6, 6.07) is 1.38. The van der Waals surface area contributed by atoms with Crippen molar-refractivity contribution in [1.29, 1.82) is 0 Å². The van der Waals surface area contributed by atoms with Crippen molar-refractivity contribution in [3.63, 3.8) is 0 Å². The standard InChI is InChI=1S/C24H39N5O5.C23H36ClN5O5.F2.HI/c1-8-17-15-28(20-16(2)25-19(22(31)33-7)21(30)26(20)6)13-14-29(17)18-9-11-27(12-10-18)23(32)34-24(3,4)5;1-7-15-14-28(19-18(24)25-17(21(31)33-6)20(30)26(19)5)12-13-29(15)16-8-10-27(11-9-16)22(32)34-23(2,3)4;1-2;/h17-18H,8-15H2,1-7H3;15-16H,7-14H2,1-6H3;;1H/t17-;15-;;/m00../s1. The SMILES string of the molecule is CC[C@H]1CN(c2c(C)nc(C(=O)OC)c(=O)n2C)CCN1C1CCN(C(=O)OC(C)(C)C)CC1.CC[C@H]1CN(c2c(Cl)nc(C(=O)OC)c(=O)n2C)CCN1C1CCN(C(=O)OC(C)(C)C)CC1.FF.I. The van der Waals surface area contributed by atoms with E-state index in [-0.39, 0.29) is 58.7 Å². The minimum absolute atomic E-state index is 0. The number of carbonyl (C=O) groups excluding carboxylic acids is 4. The third-order valence-electron chi connectivity index (χ3n) is 13.2. The lowest BCUT2D eigenvalue weighted by molar-refractivity contribution is 0.00846. The van der Waals surface area contributed by atoms with Gasteiger partial charge in [-0.05, 0) is 87.0 Å². The van der Waals surface area contributed by atoms with Gasteiger partial charge in [0.25, 0.3) is 11.1 Å². The Hall–Kier alpha value is -4.36. The molecule has 71 heavy (non-hydrogen) atoms. The fourth-order valence-electron chi connectivity index (χ4n) is 9.82. The molecule has 0 saturated carbocycles. The highest BCUT2D eigenvalue weighted by molar-refractivity contribution is 14.0. The fraction of sp³-hybridized carbons (Fsp3) is 0.745. The summed E-state index contributed by atoms with van der Waals surface area (Å²) >= 11 is 6.43. The number of piperazine rings is 2. The minimum Gasteiger partial charge on any atom is -0.464 e. The Bertz CT molecular complexity index is 2110. The summed E-state index contributed by atoms with van der Waals surface area (Å²) in [5.41, 5.74) is -1.83. The number of methoxy groups -OCH3 is 2. The molecule has 0 N–H and O–H groups in total. The Balaban J connectivity index is 0.000000358. The molecule has 4 aliphatic rings. The number of carbonyl (C=O) groups is 4. The van der Waals surface area contributed by atoms with E-state index >= 15 is 0 Å². The molecule has 6 heterocycles. The summed E-state index contributed by atoms with van der Waals surface area (Å²) in [6.07, 6.45) is 5.05. The Labute approximate surface area is 438 Å². The topological polar surface area (TPSA) is 194 Å². The van der Waals surface area contributed by atoms with Crippen LogP contribution in [0.2, 0.25) is 5.15 Å². The van der Waals surface area contributed by atoms with Crippen LogP contribution in [-0.2, 0) is 33.0 Å². The van der Waals surface area contributed by atoms with Gasteiger partial charge in [-0.1, -0.05) is 25.4 Å². The molecule has 402 valence electrons. The number of amides is 2. The first-order chi connectivity index (χ1) is 32.9. The number of ether oxygens (including phenoxy) is 4. The third kappa shape index (κ3) is 15.3. The molecule has 0 unspecified atom stereocenters. The number of anilines is 2. The van der Waals surface area contributed by atoms with Crippen molar-refractivity contribution >= 4 is 71.3 Å². The van der Waals surface area contributed by atoms with Crippen LogP contribution < -0.4 is 20.9 Å². The lowest BCUT2D eigenvalue weighted by Gasteiger charge is -2.48. The predicted octanol–water partition coefficient (Wildman–Crippen LogP) is 6.15. The molecule has 0 aromatic carbocycles. The fourth-order valence-corrected chi connectivity index (χ4v) is 10.2. The summed E-state index contributed by atoms with van der Waals surface area (Å²) < 4.78 is 39.3. The number of piperidine rings is 2. The van der Waals surface area contributed by atoms with Crippen molar-refractivity contribution in [3.8, 4) is 0 Å². The third-order valence-corrected chi connectivity index (χ3v) is 13.4. The summed E-state index contributed by atoms with van der Waals surface area (Å²) in [5, 5.41) is 0.108. The summed E-state index contributed by atoms with van der Waals surface area (Å²) in [6.45, 7) is 24.8. The molecule has 2 amide bonds. The van der Waals surface area contributed by atoms with Crippen LogP contribution in [0.25, 0.3) is 0 Å². The molecular formula is C47H76ClF2IN10O10.